The Morgan fingerprint density at radius 2 is 2.17 bits per heavy atom. The molecule has 0 aliphatic heterocycles. The second-order valence-corrected chi connectivity index (χ2v) is 4.76. The van der Waals surface area contributed by atoms with E-state index in [0.717, 1.165) is 37.0 Å². The summed E-state index contributed by atoms with van der Waals surface area (Å²) in [4.78, 5) is 0. The van der Waals surface area contributed by atoms with Gasteiger partial charge in [-0.05, 0) is 50.4 Å². The van der Waals surface area contributed by atoms with Crippen LogP contribution in [0.4, 0.5) is 0 Å². The normalized spacial score (nSPS) is 48.2. The topological polar surface area (TPSA) is 46.2 Å². The van der Waals surface area contributed by atoms with Crippen LogP contribution in [0.25, 0.3) is 0 Å². The van der Waals surface area contributed by atoms with Crippen LogP contribution in [0.15, 0.2) is 0 Å². The number of hydrogen-bond acceptors (Lipinski definition) is 2. The average molecular weight is 169 g/mol. The average Bonchev–Trinajstić information content (AvgIpc) is 2.24. The molecule has 2 aliphatic rings. The predicted octanol–water partition coefficient (Wildman–Crippen LogP) is 1.13. The zero-order chi connectivity index (χ0) is 8.72. The molecule has 2 aliphatic carbocycles. The Balaban J connectivity index is 1.83. The van der Waals surface area contributed by atoms with Crippen molar-refractivity contribution in [3.05, 3.63) is 0 Å². The van der Waals surface area contributed by atoms with E-state index in [2.05, 4.69) is 6.92 Å². The SMILES string of the molecule is CC(N)CC1CC2CC(O)C[C@@H]12. The number of aliphatic hydroxyl groups excluding tert-OH is 1. The molecule has 2 nitrogen and oxygen atoms in total. The number of hydrogen-bond donors (Lipinski definition) is 2. The highest BCUT2D eigenvalue weighted by atomic mass is 16.3. The molecule has 4 unspecified atom stereocenters. The molecule has 70 valence electrons. The number of aliphatic hydroxyl groups is 1. The van der Waals surface area contributed by atoms with Gasteiger partial charge in [0.1, 0.15) is 0 Å². The Hall–Kier alpha value is -0.0800. The smallest absolute Gasteiger partial charge is 0.0545 e. The van der Waals surface area contributed by atoms with E-state index in [-0.39, 0.29) is 6.10 Å². The van der Waals surface area contributed by atoms with Crippen molar-refractivity contribution < 1.29 is 5.11 Å². The first-order chi connectivity index (χ1) is 5.66. The highest BCUT2D eigenvalue weighted by Gasteiger charge is 2.46. The van der Waals surface area contributed by atoms with Crippen molar-refractivity contribution >= 4 is 0 Å². The van der Waals surface area contributed by atoms with Gasteiger partial charge in [-0.1, -0.05) is 0 Å². The molecule has 0 amide bonds. The lowest BCUT2D eigenvalue weighted by atomic mass is 9.65. The van der Waals surface area contributed by atoms with E-state index in [9.17, 15) is 5.11 Å². The van der Waals surface area contributed by atoms with E-state index in [1.165, 1.54) is 6.42 Å². The summed E-state index contributed by atoms with van der Waals surface area (Å²) in [6.07, 6.45) is 4.58. The van der Waals surface area contributed by atoms with Crippen LogP contribution in [0.5, 0.6) is 0 Å². The van der Waals surface area contributed by atoms with Gasteiger partial charge in [0.05, 0.1) is 6.10 Å². The third-order valence-electron chi connectivity index (χ3n) is 3.61. The van der Waals surface area contributed by atoms with Gasteiger partial charge in [0.15, 0.2) is 0 Å². The summed E-state index contributed by atoms with van der Waals surface area (Å²) < 4.78 is 0. The van der Waals surface area contributed by atoms with Crippen molar-refractivity contribution in [3.8, 4) is 0 Å². The fourth-order valence-corrected chi connectivity index (χ4v) is 3.09. The molecule has 0 aromatic carbocycles. The molecule has 2 heteroatoms. The maximum Gasteiger partial charge on any atom is 0.0545 e. The molecule has 0 bridgehead atoms. The molecule has 2 rings (SSSR count). The van der Waals surface area contributed by atoms with Gasteiger partial charge < -0.3 is 10.8 Å². The first-order valence-electron chi connectivity index (χ1n) is 5.10. The van der Waals surface area contributed by atoms with Gasteiger partial charge in [-0.3, -0.25) is 0 Å². The third kappa shape index (κ3) is 1.38. The number of fused-ring (bicyclic) bond motifs is 1. The van der Waals surface area contributed by atoms with Gasteiger partial charge in [0, 0.05) is 6.04 Å². The van der Waals surface area contributed by atoms with Crippen LogP contribution in [-0.4, -0.2) is 17.3 Å². The van der Waals surface area contributed by atoms with E-state index >= 15 is 0 Å². The van der Waals surface area contributed by atoms with Crippen molar-refractivity contribution in [2.24, 2.45) is 23.5 Å². The molecule has 0 aromatic heterocycles. The molecular weight excluding hydrogens is 150 g/mol. The molecule has 0 spiro atoms. The molecule has 5 atom stereocenters. The maximum atomic E-state index is 9.43. The molecule has 2 fully saturated rings. The van der Waals surface area contributed by atoms with Crippen molar-refractivity contribution in [3.63, 3.8) is 0 Å². The Morgan fingerprint density at radius 3 is 2.75 bits per heavy atom. The van der Waals surface area contributed by atoms with Crippen LogP contribution in [0, 0.1) is 17.8 Å². The summed E-state index contributed by atoms with van der Waals surface area (Å²) in [6, 6.07) is 0.341. The maximum absolute atomic E-state index is 9.43. The summed E-state index contributed by atoms with van der Waals surface area (Å²) in [5.74, 6) is 2.47. The minimum atomic E-state index is -0.00178. The minimum Gasteiger partial charge on any atom is -0.393 e. The predicted molar refractivity (Wildman–Crippen MR) is 48.6 cm³/mol. The highest BCUT2D eigenvalue weighted by molar-refractivity contribution is 4.97. The van der Waals surface area contributed by atoms with E-state index in [1.807, 2.05) is 0 Å². The van der Waals surface area contributed by atoms with Crippen LogP contribution in [0.2, 0.25) is 0 Å². The molecule has 0 heterocycles. The van der Waals surface area contributed by atoms with Gasteiger partial charge in [-0.25, -0.2) is 0 Å². The molecule has 0 aromatic rings. The lowest BCUT2D eigenvalue weighted by Crippen LogP contribution is -2.36. The van der Waals surface area contributed by atoms with E-state index in [4.69, 9.17) is 5.73 Å². The van der Waals surface area contributed by atoms with Crippen molar-refractivity contribution in [1.29, 1.82) is 0 Å². The second kappa shape index (κ2) is 3.00. The first kappa shape index (κ1) is 8.52. The van der Waals surface area contributed by atoms with Gasteiger partial charge in [0.25, 0.3) is 0 Å². The Bertz CT molecular complexity index is 169. The highest BCUT2D eigenvalue weighted by Crippen LogP contribution is 2.52. The zero-order valence-electron chi connectivity index (χ0n) is 7.74. The summed E-state index contributed by atoms with van der Waals surface area (Å²) in [7, 11) is 0. The van der Waals surface area contributed by atoms with Crippen LogP contribution < -0.4 is 5.73 Å². The molecular formula is C10H19NO. The molecule has 0 saturated heterocycles. The fourth-order valence-electron chi connectivity index (χ4n) is 3.09. The largest absolute Gasteiger partial charge is 0.393 e. The molecule has 3 N–H and O–H groups in total. The summed E-state index contributed by atoms with van der Waals surface area (Å²) >= 11 is 0. The monoisotopic (exact) mass is 169 g/mol. The minimum absolute atomic E-state index is 0.00178. The quantitative estimate of drug-likeness (QED) is 0.651. The Morgan fingerprint density at radius 1 is 1.42 bits per heavy atom. The van der Waals surface area contributed by atoms with Crippen LogP contribution in [-0.2, 0) is 0 Å². The van der Waals surface area contributed by atoms with Gasteiger partial charge in [-0.15, -0.1) is 0 Å². The van der Waals surface area contributed by atoms with Crippen LogP contribution in [0.3, 0.4) is 0 Å². The van der Waals surface area contributed by atoms with Gasteiger partial charge in [0.2, 0.25) is 0 Å². The standard InChI is InChI=1S/C10H19NO/c1-6(11)2-7-3-8-4-9(12)5-10(7)8/h6-10,12H,2-5,11H2,1H3/t6?,7?,8?,9?,10-/m0/s1. The van der Waals surface area contributed by atoms with E-state index < -0.39 is 0 Å². The molecule has 0 radical (unpaired) electrons. The van der Waals surface area contributed by atoms with Crippen LogP contribution >= 0.6 is 0 Å². The van der Waals surface area contributed by atoms with Gasteiger partial charge >= 0.3 is 0 Å². The molecule has 12 heavy (non-hydrogen) atoms. The lowest BCUT2D eigenvalue weighted by Gasteiger charge is -2.41. The van der Waals surface area contributed by atoms with E-state index in [0.29, 0.717) is 6.04 Å². The zero-order valence-corrected chi connectivity index (χ0v) is 7.74. The second-order valence-electron chi connectivity index (χ2n) is 4.76. The van der Waals surface area contributed by atoms with E-state index in [1.54, 1.807) is 0 Å². The fraction of sp³-hybridized carbons (Fsp3) is 1.00. The number of rotatable bonds is 2. The Kier molecular flexibility index (Phi) is 2.13. The lowest BCUT2D eigenvalue weighted by molar-refractivity contribution is 0.0895. The summed E-state index contributed by atoms with van der Waals surface area (Å²) in [5.41, 5.74) is 5.76. The third-order valence-corrected chi connectivity index (χ3v) is 3.61. The van der Waals surface area contributed by atoms with Crippen molar-refractivity contribution in [2.45, 2.75) is 44.8 Å². The van der Waals surface area contributed by atoms with Crippen molar-refractivity contribution in [1.82, 2.24) is 0 Å². The first-order valence-corrected chi connectivity index (χ1v) is 5.10. The molecule has 2 saturated carbocycles. The summed E-state index contributed by atoms with van der Waals surface area (Å²) in [5, 5.41) is 9.43. The van der Waals surface area contributed by atoms with Crippen molar-refractivity contribution in [2.75, 3.05) is 0 Å². The summed E-state index contributed by atoms with van der Waals surface area (Å²) in [6.45, 7) is 2.08. The Labute approximate surface area is 74.1 Å². The van der Waals surface area contributed by atoms with Gasteiger partial charge in [-0.2, -0.15) is 0 Å². The van der Waals surface area contributed by atoms with Crippen LogP contribution in [0.1, 0.15) is 32.6 Å². The number of nitrogens with two attached hydrogens (primary N) is 1.